The van der Waals surface area contributed by atoms with Crippen LogP contribution in [0.1, 0.15) is 0 Å². The number of aromatic nitrogens is 4. The van der Waals surface area contributed by atoms with Crippen LogP contribution in [0.2, 0.25) is 5.02 Å². The molecular weight excluding hydrogens is 596 g/mol. The van der Waals surface area contributed by atoms with Crippen molar-refractivity contribution in [3.8, 4) is 22.9 Å². The largest absolute Gasteiger partial charge is 0.309 e. The molecule has 4 nitrogen and oxygen atoms in total. The van der Waals surface area contributed by atoms with Gasteiger partial charge in [-0.2, -0.15) is 0 Å². The van der Waals surface area contributed by atoms with Crippen LogP contribution in [0, 0.1) is 0 Å². The standard InChI is InChI=1S/C42H25ClN4/c43-28-20-23-37-34(25-28)40-30-13-5-4-10-26(30)19-22-38(40)47(37)42-44-35-16-8-6-15-33(35)41(45-42)27-18-21-32-31-14-7-9-17-36(31)46(39(32)24-27)29-11-2-1-3-12-29/h1-25H. The van der Waals surface area contributed by atoms with E-state index >= 15 is 0 Å². The monoisotopic (exact) mass is 620 g/mol. The lowest BCUT2D eigenvalue weighted by Crippen LogP contribution is -2.03. The Bertz CT molecular complexity index is 2860. The first kappa shape index (κ1) is 26.3. The number of benzene rings is 7. The predicted octanol–water partition coefficient (Wildman–Crippen LogP) is 11.3. The van der Waals surface area contributed by atoms with Gasteiger partial charge in [0.25, 0.3) is 0 Å². The number of halogens is 1. The van der Waals surface area contributed by atoms with Crippen molar-refractivity contribution in [1.82, 2.24) is 19.1 Å². The van der Waals surface area contributed by atoms with Gasteiger partial charge in [0.15, 0.2) is 0 Å². The van der Waals surface area contributed by atoms with Crippen LogP contribution in [0.15, 0.2) is 152 Å². The van der Waals surface area contributed by atoms with Crippen molar-refractivity contribution in [2.45, 2.75) is 0 Å². The first-order valence-corrected chi connectivity index (χ1v) is 16.1. The van der Waals surface area contributed by atoms with Crippen molar-refractivity contribution in [2.75, 3.05) is 0 Å². The minimum atomic E-state index is 0.625. The lowest BCUT2D eigenvalue weighted by molar-refractivity contribution is 1.01. The molecule has 0 aliphatic rings. The van der Waals surface area contributed by atoms with E-state index < -0.39 is 0 Å². The normalized spacial score (nSPS) is 11.9. The van der Waals surface area contributed by atoms with Gasteiger partial charge in [-0.1, -0.05) is 109 Å². The highest BCUT2D eigenvalue weighted by molar-refractivity contribution is 6.32. The average Bonchev–Trinajstić information content (AvgIpc) is 3.64. The third-order valence-electron chi connectivity index (χ3n) is 9.37. The molecule has 0 saturated heterocycles. The van der Waals surface area contributed by atoms with Gasteiger partial charge in [-0.15, -0.1) is 0 Å². The van der Waals surface area contributed by atoms with Gasteiger partial charge in [0.1, 0.15) is 0 Å². The minimum absolute atomic E-state index is 0.625. The molecule has 0 N–H and O–H groups in total. The number of hydrogen-bond donors (Lipinski definition) is 0. The molecule has 0 bridgehead atoms. The highest BCUT2D eigenvalue weighted by atomic mass is 35.5. The van der Waals surface area contributed by atoms with Gasteiger partial charge >= 0.3 is 0 Å². The van der Waals surface area contributed by atoms with Crippen LogP contribution in [0.25, 0.3) is 88.2 Å². The zero-order valence-electron chi connectivity index (χ0n) is 25.1. The molecule has 0 aliphatic heterocycles. The lowest BCUT2D eigenvalue weighted by Gasteiger charge is -2.13. The molecule has 0 atom stereocenters. The maximum absolute atomic E-state index is 6.60. The summed E-state index contributed by atoms with van der Waals surface area (Å²) in [5, 5.41) is 8.72. The van der Waals surface area contributed by atoms with Crippen molar-refractivity contribution >= 4 is 76.9 Å². The Kier molecular flexibility index (Phi) is 5.60. The van der Waals surface area contributed by atoms with E-state index in [1.807, 2.05) is 12.1 Å². The highest BCUT2D eigenvalue weighted by Crippen LogP contribution is 2.39. The summed E-state index contributed by atoms with van der Waals surface area (Å²) >= 11 is 6.60. The van der Waals surface area contributed by atoms with Crippen LogP contribution in [0.4, 0.5) is 0 Å². The lowest BCUT2D eigenvalue weighted by atomic mass is 10.0. The molecule has 0 saturated carbocycles. The van der Waals surface area contributed by atoms with Crippen LogP contribution in [-0.2, 0) is 0 Å². The zero-order chi connectivity index (χ0) is 31.1. The smallest absolute Gasteiger partial charge is 0.235 e. The maximum atomic E-state index is 6.60. The molecule has 5 heteroatoms. The molecular formula is C42H25ClN4. The molecule has 0 radical (unpaired) electrons. The minimum Gasteiger partial charge on any atom is -0.309 e. The summed E-state index contributed by atoms with van der Waals surface area (Å²) in [5.74, 6) is 0.625. The Labute approximate surface area is 274 Å². The van der Waals surface area contributed by atoms with Gasteiger partial charge < -0.3 is 4.57 Å². The molecule has 47 heavy (non-hydrogen) atoms. The molecule has 0 fully saturated rings. The fourth-order valence-corrected chi connectivity index (χ4v) is 7.51. The Morgan fingerprint density at radius 2 is 1.15 bits per heavy atom. The summed E-state index contributed by atoms with van der Waals surface area (Å²) in [6, 6.07) is 53.1. The molecule has 3 aromatic heterocycles. The van der Waals surface area contributed by atoms with E-state index in [1.165, 1.54) is 27.1 Å². The molecule has 0 spiro atoms. The summed E-state index contributed by atoms with van der Waals surface area (Å²) < 4.78 is 4.53. The van der Waals surface area contributed by atoms with Crippen LogP contribution in [0.3, 0.4) is 0 Å². The van der Waals surface area contributed by atoms with Gasteiger partial charge in [0.05, 0.1) is 33.3 Å². The van der Waals surface area contributed by atoms with E-state index in [9.17, 15) is 0 Å². The van der Waals surface area contributed by atoms with E-state index in [1.54, 1.807) is 0 Å². The summed E-state index contributed by atoms with van der Waals surface area (Å²) in [7, 11) is 0. The average molecular weight is 621 g/mol. The van der Waals surface area contributed by atoms with Crippen molar-refractivity contribution in [3.63, 3.8) is 0 Å². The van der Waals surface area contributed by atoms with Gasteiger partial charge in [0, 0.05) is 43.2 Å². The zero-order valence-corrected chi connectivity index (χ0v) is 25.9. The molecule has 10 rings (SSSR count). The van der Waals surface area contributed by atoms with Crippen LogP contribution in [-0.4, -0.2) is 19.1 Å². The summed E-state index contributed by atoms with van der Waals surface area (Å²) in [4.78, 5) is 10.6. The quantitative estimate of drug-likeness (QED) is 0.197. The molecule has 0 unspecified atom stereocenters. The van der Waals surface area contributed by atoms with Gasteiger partial charge in [0.2, 0.25) is 5.95 Å². The topological polar surface area (TPSA) is 35.6 Å². The Balaban J connectivity index is 1.29. The first-order chi connectivity index (χ1) is 23.2. The molecule has 10 aromatic rings. The molecule has 220 valence electrons. The second kappa shape index (κ2) is 10.0. The second-order valence-electron chi connectivity index (χ2n) is 12.0. The molecule has 0 aliphatic carbocycles. The van der Waals surface area contributed by atoms with E-state index in [4.69, 9.17) is 21.6 Å². The van der Waals surface area contributed by atoms with Crippen LogP contribution >= 0.6 is 11.6 Å². The van der Waals surface area contributed by atoms with E-state index in [0.29, 0.717) is 11.0 Å². The first-order valence-electron chi connectivity index (χ1n) is 15.7. The Morgan fingerprint density at radius 3 is 2.04 bits per heavy atom. The maximum Gasteiger partial charge on any atom is 0.235 e. The third-order valence-corrected chi connectivity index (χ3v) is 9.60. The van der Waals surface area contributed by atoms with Gasteiger partial charge in [-0.25, -0.2) is 9.97 Å². The Hall–Kier alpha value is -5.97. The number of nitrogens with zero attached hydrogens (tertiary/aromatic N) is 4. The summed E-state index contributed by atoms with van der Waals surface area (Å²) in [6.45, 7) is 0. The van der Waals surface area contributed by atoms with Crippen LogP contribution < -0.4 is 0 Å². The van der Waals surface area contributed by atoms with Gasteiger partial charge in [-0.3, -0.25) is 4.57 Å². The van der Waals surface area contributed by atoms with Crippen molar-refractivity contribution in [1.29, 1.82) is 0 Å². The van der Waals surface area contributed by atoms with Crippen molar-refractivity contribution < 1.29 is 0 Å². The van der Waals surface area contributed by atoms with Crippen LogP contribution in [0.5, 0.6) is 0 Å². The van der Waals surface area contributed by atoms with E-state index in [2.05, 4.69) is 149 Å². The van der Waals surface area contributed by atoms with Crippen molar-refractivity contribution in [3.05, 3.63) is 157 Å². The second-order valence-corrected chi connectivity index (χ2v) is 12.4. The SMILES string of the molecule is Clc1ccc2c(c1)c1c3ccccc3ccc1n2-c1nc(-c2ccc3c4ccccc4n(-c4ccccc4)c3c2)c2ccccc2n1. The summed E-state index contributed by atoms with van der Waals surface area (Å²) in [6.07, 6.45) is 0. The number of rotatable bonds is 3. The summed E-state index contributed by atoms with van der Waals surface area (Å²) in [5.41, 5.74) is 8.31. The fourth-order valence-electron chi connectivity index (χ4n) is 7.34. The fraction of sp³-hybridized carbons (Fsp3) is 0. The molecule has 0 amide bonds. The van der Waals surface area contributed by atoms with E-state index in [0.717, 1.165) is 55.2 Å². The molecule has 3 heterocycles. The van der Waals surface area contributed by atoms with Crippen molar-refractivity contribution in [2.24, 2.45) is 0 Å². The highest BCUT2D eigenvalue weighted by Gasteiger charge is 2.20. The van der Waals surface area contributed by atoms with E-state index in [-0.39, 0.29) is 0 Å². The number of para-hydroxylation sites is 3. The third kappa shape index (κ3) is 3.89. The molecule has 7 aromatic carbocycles. The van der Waals surface area contributed by atoms with Gasteiger partial charge in [-0.05, 0) is 65.4 Å². The number of fused-ring (bicyclic) bond motifs is 9. The Morgan fingerprint density at radius 1 is 0.447 bits per heavy atom. The number of hydrogen-bond acceptors (Lipinski definition) is 2. The predicted molar refractivity (Wildman–Crippen MR) is 196 cm³/mol.